The first kappa shape index (κ1) is 21.5. The van der Waals surface area contributed by atoms with Crippen molar-refractivity contribution in [2.45, 2.75) is 33.1 Å². The summed E-state index contributed by atoms with van der Waals surface area (Å²) in [5.74, 6) is 0.521. The summed E-state index contributed by atoms with van der Waals surface area (Å²) in [6.45, 7) is 5.61. The molecule has 0 spiro atoms. The molecule has 2 aromatic carbocycles. The summed E-state index contributed by atoms with van der Waals surface area (Å²) in [4.78, 5) is 26.3. The second-order valence-electron chi connectivity index (χ2n) is 6.43. The maximum atomic E-state index is 12.9. The first-order valence-corrected chi connectivity index (χ1v) is 9.81. The lowest BCUT2D eigenvalue weighted by Gasteiger charge is -2.23. The number of amides is 1. The van der Waals surface area contributed by atoms with Crippen LogP contribution in [0.15, 0.2) is 54.6 Å². The van der Waals surface area contributed by atoms with Crippen LogP contribution < -0.4 is 4.74 Å². The minimum absolute atomic E-state index is 0.00406. The maximum Gasteiger partial charge on any atom is 0.307 e. The average molecular weight is 383 g/mol. The largest absolute Gasteiger partial charge is 0.494 e. The van der Waals surface area contributed by atoms with Gasteiger partial charge in [-0.2, -0.15) is 0 Å². The molecule has 5 heteroatoms. The molecule has 0 saturated carbocycles. The van der Waals surface area contributed by atoms with Gasteiger partial charge in [0.25, 0.3) is 0 Å². The Morgan fingerprint density at radius 2 is 1.57 bits per heavy atom. The summed E-state index contributed by atoms with van der Waals surface area (Å²) in [5.41, 5.74) is 2.09. The third-order valence-corrected chi connectivity index (χ3v) is 4.35. The Bertz CT molecular complexity index is 728. The van der Waals surface area contributed by atoms with Crippen LogP contribution in [-0.4, -0.2) is 43.1 Å². The average Bonchev–Trinajstić information content (AvgIpc) is 2.70. The van der Waals surface area contributed by atoms with Crippen molar-refractivity contribution in [3.05, 3.63) is 65.7 Å². The number of esters is 1. The predicted octanol–water partition coefficient (Wildman–Crippen LogP) is 3.65. The molecule has 2 rings (SSSR count). The highest BCUT2D eigenvalue weighted by atomic mass is 16.5. The molecule has 0 radical (unpaired) electrons. The Labute approximate surface area is 167 Å². The van der Waals surface area contributed by atoms with Gasteiger partial charge in [0.1, 0.15) is 5.75 Å². The fraction of sp³-hybridized carbons (Fsp3) is 0.391. The number of carbonyl (C=O) groups is 2. The van der Waals surface area contributed by atoms with Gasteiger partial charge < -0.3 is 14.4 Å². The summed E-state index contributed by atoms with van der Waals surface area (Å²) in [7, 11) is 0. The third-order valence-electron chi connectivity index (χ3n) is 4.35. The SMILES string of the molecule is CCOC(=O)CCN(CCc1ccccc1)C(=O)Cc1ccc(OCC)cc1. The predicted molar refractivity (Wildman–Crippen MR) is 109 cm³/mol. The maximum absolute atomic E-state index is 12.9. The van der Waals surface area contributed by atoms with Gasteiger partial charge in [0, 0.05) is 13.1 Å². The highest BCUT2D eigenvalue weighted by Gasteiger charge is 2.16. The Balaban J connectivity index is 1.98. The van der Waals surface area contributed by atoms with Crippen LogP contribution in [-0.2, 0) is 27.2 Å². The highest BCUT2D eigenvalue weighted by molar-refractivity contribution is 5.79. The molecule has 0 aliphatic heterocycles. The van der Waals surface area contributed by atoms with E-state index in [0.717, 1.165) is 23.3 Å². The lowest BCUT2D eigenvalue weighted by atomic mass is 10.1. The van der Waals surface area contributed by atoms with Gasteiger partial charge in [-0.3, -0.25) is 9.59 Å². The molecule has 0 fully saturated rings. The molecule has 0 aliphatic carbocycles. The lowest BCUT2D eigenvalue weighted by Crippen LogP contribution is -2.36. The molecule has 0 N–H and O–H groups in total. The molecule has 150 valence electrons. The Hall–Kier alpha value is -2.82. The molecule has 0 unspecified atom stereocenters. The van der Waals surface area contributed by atoms with E-state index in [9.17, 15) is 9.59 Å². The van der Waals surface area contributed by atoms with Crippen molar-refractivity contribution in [2.75, 3.05) is 26.3 Å². The van der Waals surface area contributed by atoms with E-state index in [1.165, 1.54) is 0 Å². The molecule has 0 heterocycles. The third kappa shape index (κ3) is 7.43. The number of hydrogen-bond donors (Lipinski definition) is 0. The molecule has 0 bridgehead atoms. The summed E-state index contributed by atoms with van der Waals surface area (Å²) in [5, 5.41) is 0. The van der Waals surface area contributed by atoms with Gasteiger partial charge in [0.2, 0.25) is 5.91 Å². The molecule has 0 aliphatic rings. The van der Waals surface area contributed by atoms with E-state index in [0.29, 0.717) is 32.7 Å². The fourth-order valence-electron chi connectivity index (χ4n) is 2.89. The van der Waals surface area contributed by atoms with Gasteiger partial charge in [0.05, 0.1) is 26.1 Å². The zero-order chi connectivity index (χ0) is 20.2. The topological polar surface area (TPSA) is 55.8 Å². The molecule has 0 aromatic heterocycles. The van der Waals surface area contributed by atoms with Crippen molar-refractivity contribution >= 4 is 11.9 Å². The van der Waals surface area contributed by atoms with Crippen molar-refractivity contribution in [1.82, 2.24) is 4.90 Å². The summed E-state index contributed by atoms with van der Waals surface area (Å²) in [6.07, 6.45) is 1.25. The van der Waals surface area contributed by atoms with Crippen molar-refractivity contribution in [1.29, 1.82) is 0 Å². The number of ether oxygens (including phenoxy) is 2. The highest BCUT2D eigenvalue weighted by Crippen LogP contribution is 2.14. The lowest BCUT2D eigenvalue weighted by molar-refractivity contribution is -0.144. The molecule has 5 nitrogen and oxygen atoms in total. The molecule has 2 aromatic rings. The van der Waals surface area contributed by atoms with E-state index in [1.807, 2.05) is 61.5 Å². The Morgan fingerprint density at radius 3 is 2.21 bits per heavy atom. The van der Waals surface area contributed by atoms with E-state index in [1.54, 1.807) is 11.8 Å². The van der Waals surface area contributed by atoms with E-state index in [4.69, 9.17) is 9.47 Å². The molecular formula is C23H29NO4. The van der Waals surface area contributed by atoms with Gasteiger partial charge in [-0.25, -0.2) is 0 Å². The standard InChI is InChI=1S/C23H29NO4/c1-3-27-21-12-10-20(11-13-21)18-22(25)24(17-15-23(26)28-4-2)16-14-19-8-6-5-7-9-19/h5-13H,3-4,14-18H2,1-2H3. The summed E-state index contributed by atoms with van der Waals surface area (Å²) >= 11 is 0. The smallest absolute Gasteiger partial charge is 0.307 e. The van der Waals surface area contributed by atoms with Crippen molar-refractivity contribution in [3.8, 4) is 5.75 Å². The van der Waals surface area contributed by atoms with E-state index in [2.05, 4.69) is 0 Å². The van der Waals surface area contributed by atoms with E-state index in [-0.39, 0.29) is 18.3 Å². The zero-order valence-corrected chi connectivity index (χ0v) is 16.7. The second kappa shape index (κ2) is 11.8. The van der Waals surface area contributed by atoms with Crippen LogP contribution in [0, 0.1) is 0 Å². The molecule has 0 saturated heterocycles. The number of benzene rings is 2. The van der Waals surface area contributed by atoms with Crippen LogP contribution in [0.2, 0.25) is 0 Å². The first-order chi connectivity index (χ1) is 13.6. The quantitative estimate of drug-likeness (QED) is 0.556. The normalized spacial score (nSPS) is 10.4. The minimum Gasteiger partial charge on any atom is -0.494 e. The van der Waals surface area contributed by atoms with Gasteiger partial charge in [-0.05, 0) is 43.5 Å². The van der Waals surface area contributed by atoms with E-state index < -0.39 is 0 Å². The van der Waals surface area contributed by atoms with Crippen LogP contribution >= 0.6 is 0 Å². The molecular weight excluding hydrogens is 354 g/mol. The molecule has 28 heavy (non-hydrogen) atoms. The summed E-state index contributed by atoms with van der Waals surface area (Å²) in [6, 6.07) is 17.6. The number of rotatable bonds is 11. The number of hydrogen-bond acceptors (Lipinski definition) is 4. The van der Waals surface area contributed by atoms with Crippen molar-refractivity contribution in [3.63, 3.8) is 0 Å². The Morgan fingerprint density at radius 1 is 0.857 bits per heavy atom. The van der Waals surface area contributed by atoms with E-state index >= 15 is 0 Å². The monoisotopic (exact) mass is 383 g/mol. The summed E-state index contributed by atoms with van der Waals surface area (Å²) < 4.78 is 10.4. The van der Waals surface area contributed by atoms with Crippen LogP contribution in [0.5, 0.6) is 5.75 Å². The number of nitrogens with zero attached hydrogens (tertiary/aromatic N) is 1. The molecule has 0 atom stereocenters. The molecule has 1 amide bonds. The van der Waals surface area contributed by atoms with Crippen LogP contribution in [0.25, 0.3) is 0 Å². The van der Waals surface area contributed by atoms with Crippen molar-refractivity contribution < 1.29 is 19.1 Å². The van der Waals surface area contributed by atoms with Gasteiger partial charge >= 0.3 is 5.97 Å². The zero-order valence-electron chi connectivity index (χ0n) is 16.7. The number of carbonyl (C=O) groups excluding carboxylic acids is 2. The van der Waals surface area contributed by atoms with Gasteiger partial charge in [-0.1, -0.05) is 42.5 Å². The van der Waals surface area contributed by atoms with Crippen LogP contribution in [0.1, 0.15) is 31.4 Å². The second-order valence-corrected chi connectivity index (χ2v) is 6.43. The van der Waals surface area contributed by atoms with Crippen LogP contribution in [0.4, 0.5) is 0 Å². The minimum atomic E-state index is -0.277. The first-order valence-electron chi connectivity index (χ1n) is 9.81. The van der Waals surface area contributed by atoms with Gasteiger partial charge in [0.15, 0.2) is 0 Å². The van der Waals surface area contributed by atoms with Crippen LogP contribution in [0.3, 0.4) is 0 Å². The fourth-order valence-corrected chi connectivity index (χ4v) is 2.89. The Kier molecular flexibility index (Phi) is 9.05. The van der Waals surface area contributed by atoms with Crippen molar-refractivity contribution in [2.24, 2.45) is 0 Å². The van der Waals surface area contributed by atoms with Gasteiger partial charge in [-0.15, -0.1) is 0 Å².